The van der Waals surface area contributed by atoms with Gasteiger partial charge in [0, 0.05) is 11.6 Å². The number of rotatable bonds is 1. The number of nitrogens with zero attached hydrogens (tertiary/aromatic N) is 1. The van der Waals surface area contributed by atoms with E-state index in [1.807, 2.05) is 0 Å². The Bertz CT molecular complexity index is 325. The maximum absolute atomic E-state index is 12.6. The normalized spacial score (nSPS) is 10.9. The minimum Gasteiger partial charge on any atom is -0.411 e. The SMILES string of the molecule is O/N=C/c1cc(F)c(F)cc1F. The maximum Gasteiger partial charge on any atom is 0.161 e. The number of oxime groups is 1. The Morgan fingerprint density at radius 2 is 1.67 bits per heavy atom. The van der Waals surface area contributed by atoms with Gasteiger partial charge in [-0.25, -0.2) is 13.2 Å². The van der Waals surface area contributed by atoms with Crippen LogP contribution in [0.15, 0.2) is 17.3 Å². The third kappa shape index (κ3) is 1.55. The van der Waals surface area contributed by atoms with Gasteiger partial charge in [-0.2, -0.15) is 0 Å². The molecular weight excluding hydrogens is 171 g/mol. The molecule has 64 valence electrons. The summed E-state index contributed by atoms with van der Waals surface area (Å²) in [4.78, 5) is 0. The van der Waals surface area contributed by atoms with Crippen LogP contribution in [0.2, 0.25) is 0 Å². The van der Waals surface area contributed by atoms with Gasteiger partial charge in [-0.3, -0.25) is 0 Å². The van der Waals surface area contributed by atoms with Crippen LogP contribution in [0, 0.1) is 17.5 Å². The summed E-state index contributed by atoms with van der Waals surface area (Å²) in [5.74, 6) is -3.44. The van der Waals surface area contributed by atoms with Gasteiger partial charge in [0.2, 0.25) is 0 Å². The van der Waals surface area contributed by atoms with E-state index in [0.29, 0.717) is 18.3 Å². The number of halogens is 3. The molecule has 1 aromatic carbocycles. The van der Waals surface area contributed by atoms with Crippen molar-refractivity contribution in [2.45, 2.75) is 0 Å². The van der Waals surface area contributed by atoms with Gasteiger partial charge < -0.3 is 5.21 Å². The Morgan fingerprint density at radius 1 is 1.08 bits per heavy atom. The molecule has 1 N–H and O–H groups in total. The second-order valence-corrected chi connectivity index (χ2v) is 2.03. The van der Waals surface area contributed by atoms with Crippen molar-refractivity contribution < 1.29 is 18.4 Å². The predicted octanol–water partition coefficient (Wildman–Crippen LogP) is 1.91. The molecule has 12 heavy (non-hydrogen) atoms. The summed E-state index contributed by atoms with van der Waals surface area (Å²) in [5, 5.41) is 10.5. The minimum atomic E-state index is -1.28. The summed E-state index contributed by atoms with van der Waals surface area (Å²) in [5.41, 5.74) is -0.309. The van der Waals surface area contributed by atoms with Crippen molar-refractivity contribution >= 4 is 6.21 Å². The maximum atomic E-state index is 12.6. The lowest BCUT2D eigenvalue weighted by atomic mass is 10.2. The van der Waals surface area contributed by atoms with E-state index in [9.17, 15) is 13.2 Å². The molecule has 0 bridgehead atoms. The molecule has 0 spiro atoms. The van der Waals surface area contributed by atoms with Crippen LogP contribution < -0.4 is 0 Å². The van der Waals surface area contributed by atoms with Gasteiger partial charge in [0.05, 0.1) is 6.21 Å². The highest BCUT2D eigenvalue weighted by Gasteiger charge is 2.07. The van der Waals surface area contributed by atoms with E-state index in [1.165, 1.54) is 0 Å². The minimum absolute atomic E-state index is 0.309. The Balaban J connectivity index is 3.23. The van der Waals surface area contributed by atoms with Crippen LogP contribution >= 0.6 is 0 Å². The molecule has 0 radical (unpaired) electrons. The van der Waals surface area contributed by atoms with Crippen LogP contribution in [0.4, 0.5) is 13.2 Å². The molecule has 0 unspecified atom stereocenters. The van der Waals surface area contributed by atoms with Gasteiger partial charge in [0.25, 0.3) is 0 Å². The highest BCUT2D eigenvalue weighted by Crippen LogP contribution is 2.11. The molecule has 0 saturated carbocycles. The molecule has 0 aliphatic carbocycles. The molecule has 1 rings (SSSR count). The first kappa shape index (κ1) is 8.58. The third-order valence-corrected chi connectivity index (χ3v) is 1.24. The highest BCUT2D eigenvalue weighted by atomic mass is 19.2. The Hall–Kier alpha value is -1.52. The molecule has 0 aliphatic heterocycles. The van der Waals surface area contributed by atoms with Gasteiger partial charge in [0.15, 0.2) is 11.6 Å². The van der Waals surface area contributed by atoms with Crippen molar-refractivity contribution in [1.82, 2.24) is 0 Å². The topological polar surface area (TPSA) is 32.6 Å². The molecule has 0 aromatic heterocycles. The van der Waals surface area contributed by atoms with Crippen LogP contribution in [-0.4, -0.2) is 11.4 Å². The van der Waals surface area contributed by atoms with Crippen molar-refractivity contribution in [3.8, 4) is 0 Å². The molecular formula is C7H4F3NO. The highest BCUT2D eigenvalue weighted by molar-refractivity contribution is 5.79. The Kier molecular flexibility index (Phi) is 2.32. The average Bonchev–Trinajstić information content (AvgIpc) is 2.01. The van der Waals surface area contributed by atoms with E-state index in [2.05, 4.69) is 5.16 Å². The zero-order valence-electron chi connectivity index (χ0n) is 5.76. The lowest BCUT2D eigenvalue weighted by Gasteiger charge is -1.96. The van der Waals surface area contributed by atoms with Crippen LogP contribution in [0.1, 0.15) is 5.56 Å². The first-order valence-electron chi connectivity index (χ1n) is 2.97. The molecule has 2 nitrogen and oxygen atoms in total. The first-order valence-corrected chi connectivity index (χ1v) is 2.97. The third-order valence-electron chi connectivity index (χ3n) is 1.24. The van der Waals surface area contributed by atoms with Gasteiger partial charge >= 0.3 is 0 Å². The van der Waals surface area contributed by atoms with Gasteiger partial charge in [-0.05, 0) is 6.07 Å². The van der Waals surface area contributed by atoms with E-state index < -0.39 is 17.5 Å². The summed E-state index contributed by atoms with van der Waals surface area (Å²) in [6.45, 7) is 0. The second kappa shape index (κ2) is 3.25. The van der Waals surface area contributed by atoms with Crippen molar-refractivity contribution in [1.29, 1.82) is 0 Å². The molecule has 0 aliphatic rings. The van der Waals surface area contributed by atoms with Crippen molar-refractivity contribution in [2.75, 3.05) is 0 Å². The fraction of sp³-hybridized carbons (Fsp3) is 0. The summed E-state index contributed by atoms with van der Waals surface area (Å²) in [6, 6.07) is 0.983. The lowest BCUT2D eigenvalue weighted by Crippen LogP contribution is -1.93. The predicted molar refractivity (Wildman–Crippen MR) is 35.7 cm³/mol. The number of benzene rings is 1. The summed E-state index contributed by atoms with van der Waals surface area (Å²) in [6.07, 6.45) is 0.678. The molecule has 0 saturated heterocycles. The van der Waals surface area contributed by atoms with Crippen molar-refractivity contribution in [3.63, 3.8) is 0 Å². The second-order valence-electron chi connectivity index (χ2n) is 2.03. The van der Waals surface area contributed by atoms with E-state index in [1.54, 1.807) is 0 Å². The quantitative estimate of drug-likeness (QED) is 0.300. The van der Waals surface area contributed by atoms with Crippen molar-refractivity contribution in [3.05, 3.63) is 35.1 Å². The largest absolute Gasteiger partial charge is 0.411 e. The van der Waals surface area contributed by atoms with Crippen LogP contribution in [-0.2, 0) is 0 Å². The first-order chi connectivity index (χ1) is 5.65. The number of hydrogen-bond donors (Lipinski definition) is 1. The van der Waals surface area contributed by atoms with Crippen LogP contribution in [0.25, 0.3) is 0 Å². The van der Waals surface area contributed by atoms with Gasteiger partial charge in [-0.1, -0.05) is 5.16 Å². The standard InChI is InChI=1S/C7H4F3NO/c8-5-2-7(10)6(9)1-4(5)3-11-12/h1-3,12H/b11-3+. The monoisotopic (exact) mass is 175 g/mol. The zero-order valence-corrected chi connectivity index (χ0v) is 5.76. The van der Waals surface area contributed by atoms with E-state index in [0.717, 1.165) is 0 Å². The van der Waals surface area contributed by atoms with Gasteiger partial charge in [-0.15, -0.1) is 0 Å². The van der Waals surface area contributed by atoms with Gasteiger partial charge in [0.1, 0.15) is 5.82 Å². The molecule has 0 amide bonds. The smallest absolute Gasteiger partial charge is 0.161 e. The fourth-order valence-corrected chi connectivity index (χ4v) is 0.699. The number of hydrogen-bond acceptors (Lipinski definition) is 2. The van der Waals surface area contributed by atoms with Crippen LogP contribution in [0.3, 0.4) is 0 Å². The molecule has 0 fully saturated rings. The van der Waals surface area contributed by atoms with Crippen molar-refractivity contribution in [2.24, 2.45) is 5.16 Å². The van der Waals surface area contributed by atoms with E-state index in [-0.39, 0.29) is 5.56 Å². The van der Waals surface area contributed by atoms with E-state index >= 15 is 0 Å². The summed E-state index contributed by atoms with van der Waals surface area (Å²) >= 11 is 0. The lowest BCUT2D eigenvalue weighted by molar-refractivity contribution is 0.321. The molecule has 5 heteroatoms. The summed E-state index contributed by atoms with van der Waals surface area (Å²) < 4.78 is 37.3. The Morgan fingerprint density at radius 3 is 2.25 bits per heavy atom. The average molecular weight is 175 g/mol. The Labute approximate surface area is 65.9 Å². The van der Waals surface area contributed by atoms with E-state index in [4.69, 9.17) is 5.21 Å². The fourth-order valence-electron chi connectivity index (χ4n) is 0.699. The zero-order chi connectivity index (χ0) is 9.14. The molecule has 0 heterocycles. The molecule has 1 aromatic rings. The molecule has 0 atom stereocenters. The summed E-state index contributed by atoms with van der Waals surface area (Å²) in [7, 11) is 0. The van der Waals surface area contributed by atoms with Crippen LogP contribution in [0.5, 0.6) is 0 Å².